The van der Waals surface area contributed by atoms with Crippen LogP contribution >= 0.6 is 0 Å². The molecule has 1 fully saturated rings. The van der Waals surface area contributed by atoms with Crippen molar-refractivity contribution in [1.29, 1.82) is 0 Å². The van der Waals surface area contributed by atoms with Gasteiger partial charge >= 0.3 is 11.9 Å². The zero-order valence-electron chi connectivity index (χ0n) is 11.8. The third kappa shape index (κ3) is 7.62. The number of hydrogen-bond acceptors (Lipinski definition) is 5. The van der Waals surface area contributed by atoms with Crippen molar-refractivity contribution in [2.75, 3.05) is 19.7 Å². The van der Waals surface area contributed by atoms with Crippen LogP contribution in [0.15, 0.2) is 0 Å². The molecule has 4 N–H and O–H groups in total. The van der Waals surface area contributed by atoms with E-state index in [2.05, 4.69) is 10.6 Å². The van der Waals surface area contributed by atoms with Crippen LogP contribution < -0.4 is 10.6 Å². The van der Waals surface area contributed by atoms with E-state index in [1.54, 1.807) is 0 Å². The number of carboxylic acid groups (broad SMARTS) is 2. The fourth-order valence-electron chi connectivity index (χ4n) is 2.07. The van der Waals surface area contributed by atoms with Crippen LogP contribution in [0, 0.1) is 0 Å². The average Bonchev–Trinajstić information content (AvgIpc) is 2.44. The summed E-state index contributed by atoms with van der Waals surface area (Å²) in [5, 5.41) is 23.0. The Morgan fingerprint density at radius 2 is 1.86 bits per heavy atom. The molecule has 8 nitrogen and oxygen atoms in total. The summed E-state index contributed by atoms with van der Waals surface area (Å²) in [4.78, 5) is 33.0. The van der Waals surface area contributed by atoms with Crippen LogP contribution in [0.25, 0.3) is 0 Å². The molecule has 8 heteroatoms. The standard InChI is InChI=1S/C13H22N2O6/c16-11(5-8-21-9-3-6-14-7-4-9)15-10(13(19)20)1-2-12(17)18/h9-10,14H,1-8H2,(H,15,16)(H,17,18)(H,19,20)/t10-/m0/s1. The molecule has 1 aliphatic heterocycles. The Labute approximate surface area is 122 Å². The Morgan fingerprint density at radius 1 is 1.19 bits per heavy atom. The van der Waals surface area contributed by atoms with Crippen LogP contribution in [0.1, 0.15) is 32.1 Å². The maximum Gasteiger partial charge on any atom is 0.326 e. The van der Waals surface area contributed by atoms with E-state index < -0.39 is 23.9 Å². The van der Waals surface area contributed by atoms with E-state index in [1.807, 2.05) is 0 Å². The minimum Gasteiger partial charge on any atom is -0.481 e. The topological polar surface area (TPSA) is 125 Å². The Kier molecular flexibility index (Phi) is 7.70. The van der Waals surface area contributed by atoms with Gasteiger partial charge in [-0.3, -0.25) is 9.59 Å². The molecule has 21 heavy (non-hydrogen) atoms. The fourth-order valence-corrected chi connectivity index (χ4v) is 2.07. The molecule has 120 valence electrons. The van der Waals surface area contributed by atoms with Gasteiger partial charge in [0, 0.05) is 12.8 Å². The number of nitrogens with one attached hydrogen (secondary N) is 2. The van der Waals surface area contributed by atoms with Crippen molar-refractivity contribution in [2.45, 2.75) is 44.2 Å². The van der Waals surface area contributed by atoms with E-state index in [-0.39, 0.29) is 32.0 Å². The molecule has 0 aromatic carbocycles. The molecule has 1 atom stereocenters. The van der Waals surface area contributed by atoms with Gasteiger partial charge in [-0.2, -0.15) is 0 Å². The summed E-state index contributed by atoms with van der Waals surface area (Å²) in [7, 11) is 0. The molecular weight excluding hydrogens is 280 g/mol. The van der Waals surface area contributed by atoms with Crippen molar-refractivity contribution < 1.29 is 29.3 Å². The predicted octanol–water partition coefficient (Wildman–Crippen LogP) is -0.421. The molecule has 0 radical (unpaired) electrons. The number of hydrogen-bond donors (Lipinski definition) is 4. The van der Waals surface area contributed by atoms with Gasteiger partial charge in [-0.1, -0.05) is 0 Å². The van der Waals surface area contributed by atoms with Crippen LogP contribution in [0.3, 0.4) is 0 Å². The number of rotatable bonds is 9. The zero-order chi connectivity index (χ0) is 15.7. The SMILES string of the molecule is O=C(O)CC[C@H](NC(=O)CCOC1CCNCC1)C(=O)O. The first-order valence-electron chi connectivity index (χ1n) is 7.05. The van der Waals surface area contributed by atoms with Crippen LogP contribution in [-0.2, 0) is 19.1 Å². The normalized spacial score (nSPS) is 17.1. The number of carbonyl (C=O) groups excluding carboxylic acids is 1. The number of aliphatic carboxylic acids is 2. The second-order valence-electron chi connectivity index (χ2n) is 4.96. The Hall–Kier alpha value is -1.67. The van der Waals surface area contributed by atoms with Crippen molar-refractivity contribution in [1.82, 2.24) is 10.6 Å². The van der Waals surface area contributed by atoms with Gasteiger partial charge in [0.1, 0.15) is 6.04 Å². The van der Waals surface area contributed by atoms with Gasteiger partial charge in [0.05, 0.1) is 12.7 Å². The number of amides is 1. The van der Waals surface area contributed by atoms with E-state index in [0.29, 0.717) is 0 Å². The Balaban J connectivity index is 2.22. The lowest BCUT2D eigenvalue weighted by Gasteiger charge is -2.23. The van der Waals surface area contributed by atoms with E-state index >= 15 is 0 Å². The van der Waals surface area contributed by atoms with Gasteiger partial charge in [-0.25, -0.2) is 4.79 Å². The molecule has 0 spiro atoms. The lowest BCUT2D eigenvalue weighted by molar-refractivity contribution is -0.143. The minimum absolute atomic E-state index is 0.0702. The highest BCUT2D eigenvalue weighted by atomic mass is 16.5. The van der Waals surface area contributed by atoms with Crippen molar-refractivity contribution in [3.8, 4) is 0 Å². The van der Waals surface area contributed by atoms with Gasteiger partial charge in [0.25, 0.3) is 0 Å². The molecule has 0 aromatic rings. The number of carbonyl (C=O) groups is 3. The number of ether oxygens (including phenoxy) is 1. The third-order valence-corrected chi connectivity index (χ3v) is 3.25. The average molecular weight is 302 g/mol. The maximum atomic E-state index is 11.6. The summed E-state index contributed by atoms with van der Waals surface area (Å²) in [6.07, 6.45) is 1.58. The van der Waals surface area contributed by atoms with Crippen LogP contribution in [-0.4, -0.2) is 59.9 Å². The lowest BCUT2D eigenvalue weighted by atomic mass is 10.1. The Morgan fingerprint density at radius 3 is 2.43 bits per heavy atom. The highest BCUT2D eigenvalue weighted by Gasteiger charge is 2.21. The molecule has 1 rings (SSSR count). The number of carboxylic acids is 2. The molecule has 0 saturated carbocycles. The Bertz CT molecular complexity index is 368. The second-order valence-corrected chi connectivity index (χ2v) is 4.96. The van der Waals surface area contributed by atoms with Gasteiger partial charge < -0.3 is 25.6 Å². The molecular formula is C13H22N2O6. The zero-order valence-corrected chi connectivity index (χ0v) is 11.8. The highest BCUT2D eigenvalue weighted by molar-refractivity contribution is 5.83. The summed E-state index contributed by atoms with van der Waals surface area (Å²) in [5.41, 5.74) is 0. The third-order valence-electron chi connectivity index (χ3n) is 3.25. The molecule has 1 amide bonds. The first kappa shape index (κ1) is 17.4. The quantitative estimate of drug-likeness (QED) is 0.456. The van der Waals surface area contributed by atoms with E-state index in [0.717, 1.165) is 25.9 Å². The predicted molar refractivity (Wildman–Crippen MR) is 72.9 cm³/mol. The summed E-state index contributed by atoms with van der Waals surface area (Å²) >= 11 is 0. The molecule has 1 saturated heterocycles. The van der Waals surface area contributed by atoms with Crippen molar-refractivity contribution >= 4 is 17.8 Å². The lowest BCUT2D eigenvalue weighted by Crippen LogP contribution is -2.41. The maximum absolute atomic E-state index is 11.6. The van der Waals surface area contributed by atoms with Crippen molar-refractivity contribution in [3.63, 3.8) is 0 Å². The van der Waals surface area contributed by atoms with Gasteiger partial charge in [-0.15, -0.1) is 0 Å². The monoisotopic (exact) mass is 302 g/mol. The molecule has 0 aliphatic carbocycles. The molecule has 0 aromatic heterocycles. The largest absolute Gasteiger partial charge is 0.481 e. The van der Waals surface area contributed by atoms with Gasteiger partial charge in [0.15, 0.2) is 0 Å². The van der Waals surface area contributed by atoms with E-state index in [9.17, 15) is 14.4 Å². The number of piperidine rings is 1. The van der Waals surface area contributed by atoms with Gasteiger partial charge in [0.2, 0.25) is 5.91 Å². The summed E-state index contributed by atoms with van der Waals surface area (Å²) in [6.45, 7) is 2.03. The minimum atomic E-state index is -1.23. The first-order valence-corrected chi connectivity index (χ1v) is 7.05. The molecule has 1 heterocycles. The van der Waals surface area contributed by atoms with Crippen molar-refractivity contribution in [3.05, 3.63) is 0 Å². The van der Waals surface area contributed by atoms with E-state index in [4.69, 9.17) is 14.9 Å². The van der Waals surface area contributed by atoms with Crippen molar-refractivity contribution in [2.24, 2.45) is 0 Å². The summed E-state index contributed by atoms with van der Waals surface area (Å²) in [6, 6.07) is -1.17. The summed E-state index contributed by atoms with van der Waals surface area (Å²) in [5.74, 6) is -2.77. The smallest absolute Gasteiger partial charge is 0.326 e. The van der Waals surface area contributed by atoms with Gasteiger partial charge in [-0.05, 0) is 32.4 Å². The fraction of sp³-hybridized carbons (Fsp3) is 0.769. The molecule has 0 unspecified atom stereocenters. The van der Waals surface area contributed by atoms with Crippen LogP contribution in [0.2, 0.25) is 0 Å². The van der Waals surface area contributed by atoms with Crippen LogP contribution in [0.4, 0.5) is 0 Å². The summed E-state index contributed by atoms with van der Waals surface area (Å²) < 4.78 is 5.55. The first-order chi connectivity index (χ1) is 9.99. The molecule has 1 aliphatic rings. The van der Waals surface area contributed by atoms with Crippen LogP contribution in [0.5, 0.6) is 0 Å². The second kappa shape index (κ2) is 9.30. The molecule has 0 bridgehead atoms. The van der Waals surface area contributed by atoms with E-state index in [1.165, 1.54) is 0 Å². The highest BCUT2D eigenvalue weighted by Crippen LogP contribution is 2.07.